The van der Waals surface area contributed by atoms with E-state index >= 15 is 0 Å². The Hall–Kier alpha value is -3.74. The molecule has 2 aromatic heterocycles. The first-order valence-electron chi connectivity index (χ1n) is 8.69. The summed E-state index contributed by atoms with van der Waals surface area (Å²) in [6, 6.07) is 15.3. The largest absolute Gasteiger partial charge is 0.497 e. The van der Waals surface area contributed by atoms with Crippen molar-refractivity contribution in [3.8, 4) is 28.4 Å². The van der Waals surface area contributed by atoms with E-state index in [1.807, 2.05) is 54.7 Å². The summed E-state index contributed by atoms with van der Waals surface area (Å²) in [5, 5.41) is 7.71. The quantitative estimate of drug-likeness (QED) is 0.545. The Morgan fingerprint density at radius 2 is 1.64 bits per heavy atom. The van der Waals surface area contributed by atoms with Gasteiger partial charge in [0, 0.05) is 17.4 Å². The summed E-state index contributed by atoms with van der Waals surface area (Å²) >= 11 is 0. The van der Waals surface area contributed by atoms with Gasteiger partial charge in [0.25, 0.3) is 0 Å². The van der Waals surface area contributed by atoms with Crippen LogP contribution in [0, 0.1) is 0 Å². The van der Waals surface area contributed by atoms with Crippen LogP contribution in [0.3, 0.4) is 0 Å². The van der Waals surface area contributed by atoms with Crippen molar-refractivity contribution < 1.29 is 14.2 Å². The highest BCUT2D eigenvalue weighted by molar-refractivity contribution is 5.79. The lowest BCUT2D eigenvalue weighted by Gasteiger charge is -2.09. The first-order chi connectivity index (χ1) is 13.7. The number of fused-ring (bicyclic) bond motifs is 1. The average molecular weight is 376 g/mol. The summed E-state index contributed by atoms with van der Waals surface area (Å²) in [4.78, 5) is 4.73. The van der Waals surface area contributed by atoms with Crippen LogP contribution in [0.2, 0.25) is 0 Å². The molecule has 0 aliphatic rings. The molecule has 1 N–H and O–H groups in total. The van der Waals surface area contributed by atoms with E-state index in [1.165, 1.54) is 0 Å². The molecular formula is C21H20N4O3. The van der Waals surface area contributed by atoms with Gasteiger partial charge < -0.3 is 19.5 Å². The van der Waals surface area contributed by atoms with Crippen molar-refractivity contribution in [2.45, 2.75) is 0 Å². The van der Waals surface area contributed by atoms with Crippen LogP contribution in [0.5, 0.6) is 17.2 Å². The molecule has 142 valence electrons. The van der Waals surface area contributed by atoms with Gasteiger partial charge in [-0.3, -0.25) is 0 Å². The van der Waals surface area contributed by atoms with Crippen molar-refractivity contribution in [3.05, 3.63) is 60.9 Å². The van der Waals surface area contributed by atoms with Gasteiger partial charge in [0.05, 0.1) is 27.5 Å². The molecule has 0 unspecified atom stereocenters. The maximum absolute atomic E-state index is 5.41. The Balaban J connectivity index is 1.70. The first-order valence-corrected chi connectivity index (χ1v) is 8.69. The van der Waals surface area contributed by atoms with Crippen LogP contribution in [0.4, 0.5) is 11.5 Å². The number of nitrogens with zero attached hydrogens (tertiary/aromatic N) is 3. The summed E-state index contributed by atoms with van der Waals surface area (Å²) in [5.41, 5.74) is 3.51. The Labute approximate surface area is 162 Å². The van der Waals surface area contributed by atoms with Crippen LogP contribution in [0.15, 0.2) is 60.9 Å². The van der Waals surface area contributed by atoms with Crippen molar-refractivity contribution in [1.29, 1.82) is 0 Å². The molecule has 0 amide bonds. The normalized spacial score (nSPS) is 10.7. The molecule has 7 nitrogen and oxygen atoms in total. The number of hydrogen-bond donors (Lipinski definition) is 1. The van der Waals surface area contributed by atoms with Gasteiger partial charge in [-0.25, -0.2) is 9.50 Å². The van der Waals surface area contributed by atoms with Gasteiger partial charge in [0.15, 0.2) is 17.1 Å². The number of ether oxygens (including phenoxy) is 3. The lowest BCUT2D eigenvalue weighted by Crippen LogP contribution is -1.97. The van der Waals surface area contributed by atoms with Crippen molar-refractivity contribution in [2.75, 3.05) is 26.6 Å². The minimum atomic E-state index is 0.659. The molecule has 0 bridgehead atoms. The molecule has 4 aromatic rings. The minimum Gasteiger partial charge on any atom is -0.497 e. The summed E-state index contributed by atoms with van der Waals surface area (Å²) < 4.78 is 17.7. The number of aromatic nitrogens is 3. The van der Waals surface area contributed by atoms with Crippen LogP contribution in [-0.2, 0) is 0 Å². The number of nitrogens with one attached hydrogen (secondary N) is 1. The lowest BCUT2D eigenvalue weighted by molar-refractivity contribution is 0.355. The van der Waals surface area contributed by atoms with E-state index in [2.05, 4.69) is 10.4 Å². The molecule has 0 radical (unpaired) electrons. The van der Waals surface area contributed by atoms with Crippen LogP contribution in [0.1, 0.15) is 0 Å². The standard InChI is InChI=1S/C21H20N4O3/c1-26-16-7-5-15(6-8-16)23-20-10-11-25-21(24-20)17(13-22-25)14-4-9-18(27-2)19(12-14)28-3/h4-13H,1-3H3,(H,23,24). The second kappa shape index (κ2) is 7.48. The van der Waals surface area contributed by atoms with E-state index < -0.39 is 0 Å². The Morgan fingerprint density at radius 3 is 2.36 bits per heavy atom. The summed E-state index contributed by atoms with van der Waals surface area (Å²) in [7, 11) is 4.88. The van der Waals surface area contributed by atoms with Crippen molar-refractivity contribution >= 4 is 17.2 Å². The van der Waals surface area contributed by atoms with Crippen molar-refractivity contribution in [3.63, 3.8) is 0 Å². The number of hydrogen-bond acceptors (Lipinski definition) is 6. The first kappa shape index (κ1) is 17.7. The molecule has 0 fully saturated rings. The van der Waals surface area contributed by atoms with E-state index in [1.54, 1.807) is 32.0 Å². The number of anilines is 2. The van der Waals surface area contributed by atoms with Gasteiger partial charge in [-0.2, -0.15) is 5.10 Å². The second-order valence-corrected chi connectivity index (χ2v) is 6.06. The van der Waals surface area contributed by atoms with E-state index in [0.29, 0.717) is 11.5 Å². The lowest BCUT2D eigenvalue weighted by atomic mass is 10.1. The molecule has 0 saturated heterocycles. The van der Waals surface area contributed by atoms with Crippen LogP contribution in [-0.4, -0.2) is 35.9 Å². The van der Waals surface area contributed by atoms with Gasteiger partial charge in [0.1, 0.15) is 11.6 Å². The molecule has 0 atom stereocenters. The molecule has 4 rings (SSSR count). The fourth-order valence-electron chi connectivity index (χ4n) is 2.97. The molecule has 7 heteroatoms. The minimum absolute atomic E-state index is 0.659. The van der Waals surface area contributed by atoms with Gasteiger partial charge in [-0.15, -0.1) is 0 Å². The predicted molar refractivity (Wildman–Crippen MR) is 108 cm³/mol. The predicted octanol–water partition coefficient (Wildman–Crippen LogP) is 4.17. The van der Waals surface area contributed by atoms with Crippen molar-refractivity contribution in [2.24, 2.45) is 0 Å². The highest BCUT2D eigenvalue weighted by Crippen LogP contribution is 2.33. The third-order valence-corrected chi connectivity index (χ3v) is 4.43. The third kappa shape index (κ3) is 3.29. The highest BCUT2D eigenvalue weighted by Gasteiger charge is 2.12. The topological polar surface area (TPSA) is 69.9 Å². The number of benzene rings is 2. The van der Waals surface area contributed by atoms with Gasteiger partial charge in [-0.05, 0) is 48.0 Å². The van der Waals surface area contributed by atoms with Gasteiger partial charge >= 0.3 is 0 Å². The zero-order valence-corrected chi connectivity index (χ0v) is 15.8. The van der Waals surface area contributed by atoms with E-state index in [9.17, 15) is 0 Å². The SMILES string of the molecule is COc1ccc(Nc2ccn3ncc(-c4ccc(OC)c(OC)c4)c3n2)cc1. The maximum atomic E-state index is 5.41. The zero-order chi connectivity index (χ0) is 19.5. The highest BCUT2D eigenvalue weighted by atomic mass is 16.5. The second-order valence-electron chi connectivity index (χ2n) is 6.06. The molecule has 0 spiro atoms. The van der Waals surface area contributed by atoms with E-state index in [0.717, 1.165) is 34.0 Å². The monoisotopic (exact) mass is 376 g/mol. The Kier molecular flexibility index (Phi) is 4.72. The van der Waals surface area contributed by atoms with Crippen LogP contribution >= 0.6 is 0 Å². The summed E-state index contributed by atoms with van der Waals surface area (Å²) in [6.07, 6.45) is 3.67. The average Bonchev–Trinajstić information content (AvgIpc) is 3.17. The van der Waals surface area contributed by atoms with E-state index in [4.69, 9.17) is 19.2 Å². The van der Waals surface area contributed by atoms with Gasteiger partial charge in [-0.1, -0.05) is 6.07 Å². The smallest absolute Gasteiger partial charge is 0.165 e. The molecule has 2 aromatic carbocycles. The summed E-state index contributed by atoms with van der Waals surface area (Å²) in [5.74, 6) is 2.87. The zero-order valence-electron chi connectivity index (χ0n) is 15.8. The Morgan fingerprint density at radius 1 is 0.857 bits per heavy atom. The molecule has 0 aliphatic carbocycles. The van der Waals surface area contributed by atoms with Gasteiger partial charge in [0.2, 0.25) is 0 Å². The fourth-order valence-corrected chi connectivity index (χ4v) is 2.97. The van der Waals surface area contributed by atoms with Crippen molar-refractivity contribution in [1.82, 2.24) is 14.6 Å². The molecular weight excluding hydrogens is 356 g/mol. The van der Waals surface area contributed by atoms with E-state index in [-0.39, 0.29) is 0 Å². The molecule has 2 heterocycles. The summed E-state index contributed by atoms with van der Waals surface area (Å²) in [6.45, 7) is 0. The van der Waals surface area contributed by atoms with Crippen LogP contribution in [0.25, 0.3) is 16.8 Å². The van der Waals surface area contributed by atoms with Crippen LogP contribution < -0.4 is 19.5 Å². The molecule has 28 heavy (non-hydrogen) atoms. The maximum Gasteiger partial charge on any atom is 0.165 e. The molecule has 0 aliphatic heterocycles. The molecule has 0 saturated carbocycles. The number of methoxy groups -OCH3 is 3. The fraction of sp³-hybridized carbons (Fsp3) is 0.143. The number of rotatable bonds is 6. The Bertz CT molecular complexity index is 1110. The third-order valence-electron chi connectivity index (χ3n) is 4.43.